The van der Waals surface area contributed by atoms with Gasteiger partial charge in [-0.2, -0.15) is 5.10 Å². The number of ether oxygens (including phenoxy) is 1. The van der Waals surface area contributed by atoms with Crippen molar-refractivity contribution in [2.75, 3.05) is 0 Å². The molecule has 0 saturated carbocycles. The highest BCUT2D eigenvalue weighted by Crippen LogP contribution is 2.40. The van der Waals surface area contributed by atoms with Crippen molar-refractivity contribution >= 4 is 23.4 Å². The molecule has 0 bridgehead atoms. The van der Waals surface area contributed by atoms with Crippen LogP contribution in [0.25, 0.3) is 0 Å². The topological polar surface area (TPSA) is 87.3 Å². The molecular formula is C21H21N3O4S. The number of carbonyl (C=O) groups is 1. The molecule has 0 radical (unpaired) electrons. The number of carbonyl (C=O) groups excluding carboxylic acids is 1. The van der Waals surface area contributed by atoms with Gasteiger partial charge in [0.1, 0.15) is 5.56 Å². The molecule has 0 amide bonds. The number of nitrogens with zero attached hydrogens (tertiary/aromatic N) is 3. The van der Waals surface area contributed by atoms with Crippen LogP contribution in [0.3, 0.4) is 0 Å². The van der Waals surface area contributed by atoms with Crippen molar-refractivity contribution in [3.63, 3.8) is 0 Å². The summed E-state index contributed by atoms with van der Waals surface area (Å²) in [5, 5.41) is 15.9. The first-order valence-corrected chi connectivity index (χ1v) is 9.78. The largest absolute Gasteiger partial charge is 0.403 e. The zero-order chi connectivity index (χ0) is 21.2. The van der Waals surface area contributed by atoms with Crippen LogP contribution in [-0.2, 0) is 5.54 Å². The highest BCUT2D eigenvalue weighted by atomic mass is 32.2. The number of para-hydroxylation sites is 1. The van der Waals surface area contributed by atoms with Gasteiger partial charge in [0.05, 0.1) is 21.1 Å². The van der Waals surface area contributed by atoms with Crippen LogP contribution >= 0.6 is 11.8 Å². The summed E-state index contributed by atoms with van der Waals surface area (Å²) in [6, 6.07) is 15.4. The lowest BCUT2D eigenvalue weighted by Gasteiger charge is -2.22. The van der Waals surface area contributed by atoms with E-state index < -0.39 is 16.4 Å². The van der Waals surface area contributed by atoms with E-state index in [0.717, 1.165) is 4.90 Å². The number of hydrogen-bond donors (Lipinski definition) is 0. The number of rotatable bonds is 5. The Kier molecular flexibility index (Phi) is 5.74. The Bertz CT molecular complexity index is 1060. The highest BCUT2D eigenvalue weighted by Gasteiger charge is 2.29. The van der Waals surface area contributed by atoms with Gasteiger partial charge in [0.2, 0.25) is 5.88 Å². The Morgan fingerprint density at radius 2 is 1.72 bits per heavy atom. The average molecular weight is 411 g/mol. The summed E-state index contributed by atoms with van der Waals surface area (Å²) in [4.78, 5) is 25.2. The Hall–Kier alpha value is -3.13. The minimum Gasteiger partial charge on any atom is -0.403 e. The number of aryl methyl sites for hydroxylation is 1. The van der Waals surface area contributed by atoms with E-state index in [2.05, 4.69) is 5.10 Å². The Labute approximate surface area is 172 Å². The summed E-state index contributed by atoms with van der Waals surface area (Å²) >= 11 is 1.43. The van der Waals surface area contributed by atoms with Crippen LogP contribution in [0.1, 0.15) is 36.8 Å². The zero-order valence-electron chi connectivity index (χ0n) is 16.6. The summed E-state index contributed by atoms with van der Waals surface area (Å²) in [5.41, 5.74) is -0.154. The Morgan fingerprint density at radius 1 is 1.10 bits per heavy atom. The minimum absolute atomic E-state index is 0.104. The van der Waals surface area contributed by atoms with Crippen molar-refractivity contribution in [2.24, 2.45) is 0 Å². The van der Waals surface area contributed by atoms with E-state index in [1.807, 2.05) is 58.0 Å². The fourth-order valence-corrected chi connectivity index (χ4v) is 3.64. The van der Waals surface area contributed by atoms with E-state index in [4.69, 9.17) is 4.74 Å². The summed E-state index contributed by atoms with van der Waals surface area (Å²) in [6.07, 6.45) is 0. The Morgan fingerprint density at radius 3 is 2.34 bits per heavy atom. The van der Waals surface area contributed by atoms with Crippen molar-refractivity contribution in [3.8, 4) is 5.88 Å². The SMILES string of the molecule is Cc1nn(C(C)(C)C)c(OC(=O)c2ccccc2[N+](=O)[O-])c1Sc1ccccc1. The third-order valence-electron chi connectivity index (χ3n) is 4.07. The van der Waals surface area contributed by atoms with Crippen LogP contribution in [0.4, 0.5) is 5.69 Å². The van der Waals surface area contributed by atoms with Crippen LogP contribution in [0, 0.1) is 17.0 Å². The molecule has 0 aliphatic heterocycles. The van der Waals surface area contributed by atoms with Crippen LogP contribution in [0.2, 0.25) is 0 Å². The number of aromatic nitrogens is 2. The molecule has 0 N–H and O–H groups in total. The molecule has 0 aliphatic carbocycles. The van der Waals surface area contributed by atoms with Gasteiger partial charge in [-0.15, -0.1) is 0 Å². The van der Waals surface area contributed by atoms with Crippen molar-refractivity contribution in [1.82, 2.24) is 9.78 Å². The molecule has 150 valence electrons. The van der Waals surface area contributed by atoms with E-state index >= 15 is 0 Å². The second-order valence-electron chi connectivity index (χ2n) is 7.38. The standard InChI is InChI=1S/C21H21N3O4S/c1-14-18(29-15-10-6-5-7-11-15)19(23(22-14)21(2,3)4)28-20(25)16-12-8-9-13-17(16)24(26)27/h5-13H,1-4H3. The van der Waals surface area contributed by atoms with E-state index in [1.54, 1.807) is 10.7 Å². The molecule has 3 aromatic rings. The second kappa shape index (κ2) is 8.08. The summed E-state index contributed by atoms with van der Waals surface area (Å²) in [6.45, 7) is 7.67. The van der Waals surface area contributed by atoms with Crippen LogP contribution in [0.15, 0.2) is 64.4 Å². The molecule has 3 rings (SSSR count). The van der Waals surface area contributed by atoms with E-state index in [0.29, 0.717) is 10.6 Å². The molecule has 7 nitrogen and oxygen atoms in total. The first kappa shape index (κ1) is 20.6. The Balaban J connectivity index is 2.05. The molecule has 2 aromatic carbocycles. The van der Waals surface area contributed by atoms with Gasteiger partial charge in [-0.25, -0.2) is 9.48 Å². The van der Waals surface area contributed by atoms with Gasteiger partial charge in [-0.05, 0) is 45.9 Å². The van der Waals surface area contributed by atoms with Crippen LogP contribution in [0.5, 0.6) is 5.88 Å². The molecule has 0 fully saturated rings. The lowest BCUT2D eigenvalue weighted by atomic mass is 10.1. The monoisotopic (exact) mass is 411 g/mol. The highest BCUT2D eigenvalue weighted by molar-refractivity contribution is 7.99. The van der Waals surface area contributed by atoms with Gasteiger partial charge < -0.3 is 4.74 Å². The maximum atomic E-state index is 12.9. The molecule has 0 unspecified atom stereocenters. The predicted octanol–water partition coefficient (Wildman–Crippen LogP) is 5.23. The van der Waals surface area contributed by atoms with Crippen LogP contribution in [-0.4, -0.2) is 20.7 Å². The average Bonchev–Trinajstić information content (AvgIpc) is 2.98. The number of nitro benzene ring substituents is 1. The number of esters is 1. The second-order valence-corrected chi connectivity index (χ2v) is 8.46. The number of benzene rings is 2. The van der Waals surface area contributed by atoms with E-state index in [1.165, 1.54) is 30.0 Å². The normalized spacial score (nSPS) is 11.3. The maximum Gasteiger partial charge on any atom is 0.351 e. The number of hydrogen-bond acceptors (Lipinski definition) is 6. The fourth-order valence-electron chi connectivity index (χ4n) is 2.71. The number of nitro groups is 1. The van der Waals surface area contributed by atoms with Gasteiger partial charge >= 0.3 is 5.97 Å². The molecule has 0 aliphatic rings. The van der Waals surface area contributed by atoms with Crippen molar-refractivity contribution in [1.29, 1.82) is 0 Å². The third-order valence-corrected chi connectivity index (χ3v) is 5.26. The summed E-state index contributed by atoms with van der Waals surface area (Å²) in [7, 11) is 0. The first-order chi connectivity index (χ1) is 13.7. The summed E-state index contributed by atoms with van der Waals surface area (Å²) < 4.78 is 7.35. The molecule has 1 heterocycles. The minimum atomic E-state index is -0.794. The predicted molar refractivity (Wildman–Crippen MR) is 111 cm³/mol. The van der Waals surface area contributed by atoms with Crippen molar-refractivity contribution < 1.29 is 14.5 Å². The molecule has 0 saturated heterocycles. The molecular weight excluding hydrogens is 390 g/mol. The maximum absolute atomic E-state index is 12.9. The van der Waals surface area contributed by atoms with Crippen LogP contribution < -0.4 is 4.74 Å². The van der Waals surface area contributed by atoms with Gasteiger partial charge in [0.15, 0.2) is 0 Å². The zero-order valence-corrected chi connectivity index (χ0v) is 17.4. The van der Waals surface area contributed by atoms with Gasteiger partial charge in [-0.1, -0.05) is 42.1 Å². The molecule has 0 atom stereocenters. The van der Waals surface area contributed by atoms with E-state index in [9.17, 15) is 14.9 Å². The quantitative estimate of drug-likeness (QED) is 0.325. The molecule has 29 heavy (non-hydrogen) atoms. The van der Waals surface area contributed by atoms with E-state index in [-0.39, 0.29) is 17.1 Å². The lowest BCUT2D eigenvalue weighted by Crippen LogP contribution is -2.25. The van der Waals surface area contributed by atoms with Crippen molar-refractivity contribution in [3.05, 3.63) is 76.0 Å². The lowest BCUT2D eigenvalue weighted by molar-refractivity contribution is -0.385. The van der Waals surface area contributed by atoms with Gasteiger partial charge in [-0.3, -0.25) is 10.1 Å². The van der Waals surface area contributed by atoms with Gasteiger partial charge in [0, 0.05) is 11.0 Å². The fraction of sp³-hybridized carbons (Fsp3) is 0.238. The third kappa shape index (κ3) is 4.48. The molecule has 0 spiro atoms. The van der Waals surface area contributed by atoms with Gasteiger partial charge in [0.25, 0.3) is 5.69 Å². The van der Waals surface area contributed by atoms with Crippen molar-refractivity contribution in [2.45, 2.75) is 43.0 Å². The molecule has 1 aromatic heterocycles. The summed E-state index contributed by atoms with van der Waals surface area (Å²) in [5.74, 6) is -0.524. The first-order valence-electron chi connectivity index (χ1n) is 8.97. The molecule has 8 heteroatoms. The smallest absolute Gasteiger partial charge is 0.351 e.